The first-order valence-electron chi connectivity index (χ1n) is 4.48. The Balaban J connectivity index is 2.91. The number of hydrogen-bond donors (Lipinski definition) is 1. The van der Waals surface area contributed by atoms with Crippen molar-refractivity contribution in [3.05, 3.63) is 16.6 Å². The zero-order valence-corrected chi connectivity index (χ0v) is 9.77. The normalized spacial score (nSPS) is 15.5. The topological polar surface area (TPSA) is 33.1 Å². The van der Waals surface area contributed by atoms with Crippen molar-refractivity contribution in [2.45, 2.75) is 33.3 Å². The third-order valence-electron chi connectivity index (χ3n) is 1.53. The van der Waals surface area contributed by atoms with Crippen LogP contribution >= 0.6 is 11.3 Å². The predicted octanol–water partition coefficient (Wildman–Crippen LogP) is 2.40. The monoisotopic (exact) mass is 209 g/mol. The van der Waals surface area contributed by atoms with Crippen LogP contribution < -0.4 is 0 Å². The quantitative estimate of drug-likeness (QED) is 0.720. The third kappa shape index (κ3) is 3.13. The molecule has 1 atom stereocenters. The molecule has 0 saturated carbocycles. The highest BCUT2D eigenvalue weighted by molar-refractivity contribution is 7.09. The summed E-state index contributed by atoms with van der Waals surface area (Å²) in [4.78, 5) is 4.05. The number of rotatable bonds is 1. The van der Waals surface area contributed by atoms with Crippen LogP contribution in [0.25, 0.3) is 0 Å². The summed E-state index contributed by atoms with van der Waals surface area (Å²) < 4.78 is 0. The highest BCUT2D eigenvalue weighted by atomic mass is 32.1. The van der Waals surface area contributed by atoms with Gasteiger partial charge in [0.25, 0.3) is 0 Å². The van der Waals surface area contributed by atoms with Gasteiger partial charge in [-0.25, -0.2) is 4.98 Å². The van der Waals surface area contributed by atoms with Gasteiger partial charge in [0.15, 0.2) is 5.60 Å². The molecule has 0 saturated heterocycles. The van der Waals surface area contributed by atoms with Gasteiger partial charge in [-0.3, -0.25) is 0 Å². The summed E-state index contributed by atoms with van der Waals surface area (Å²) in [7, 11) is 0. The molecule has 1 N–H and O–H groups in total. The molecule has 76 valence electrons. The Labute approximate surface area is 89.0 Å². The average molecular weight is 209 g/mol. The molecule has 0 radical (unpaired) electrons. The maximum atomic E-state index is 10.0. The van der Waals surface area contributed by atoms with Crippen LogP contribution in [-0.2, 0) is 5.60 Å². The van der Waals surface area contributed by atoms with Crippen molar-refractivity contribution in [2.24, 2.45) is 5.41 Å². The first kappa shape index (κ1) is 11.2. The summed E-state index contributed by atoms with van der Waals surface area (Å²) in [5, 5.41) is 12.5. The largest absolute Gasteiger partial charge is 0.371 e. The van der Waals surface area contributed by atoms with E-state index in [0.29, 0.717) is 5.01 Å². The fourth-order valence-corrected chi connectivity index (χ4v) is 1.48. The molecular weight excluding hydrogens is 194 g/mol. The molecule has 0 bridgehead atoms. The van der Waals surface area contributed by atoms with Crippen LogP contribution in [0.1, 0.15) is 32.7 Å². The molecule has 0 fully saturated rings. The Bertz CT molecular complexity index is 349. The van der Waals surface area contributed by atoms with E-state index in [1.807, 2.05) is 26.2 Å². The molecular formula is C11H15NOS. The SMILES string of the molecule is CC(C)(C)C#CC(C)(O)c1nccs1. The van der Waals surface area contributed by atoms with Crippen molar-refractivity contribution in [2.75, 3.05) is 0 Å². The van der Waals surface area contributed by atoms with E-state index < -0.39 is 5.60 Å². The van der Waals surface area contributed by atoms with Gasteiger partial charge >= 0.3 is 0 Å². The molecule has 0 amide bonds. The number of hydrogen-bond acceptors (Lipinski definition) is 3. The van der Waals surface area contributed by atoms with Gasteiger partial charge in [0, 0.05) is 17.0 Å². The standard InChI is InChI=1S/C11H15NOS/c1-10(2,3)5-6-11(4,13)9-12-7-8-14-9/h7-8,13H,1-4H3. The lowest BCUT2D eigenvalue weighted by molar-refractivity contribution is 0.121. The van der Waals surface area contributed by atoms with Crippen molar-refractivity contribution < 1.29 is 5.11 Å². The average Bonchev–Trinajstić information content (AvgIpc) is 2.52. The third-order valence-corrected chi connectivity index (χ3v) is 2.51. The Kier molecular flexibility index (Phi) is 2.98. The molecule has 0 aliphatic rings. The van der Waals surface area contributed by atoms with Crippen molar-refractivity contribution >= 4 is 11.3 Å². The molecule has 1 aromatic rings. The van der Waals surface area contributed by atoms with Crippen LogP contribution in [-0.4, -0.2) is 10.1 Å². The van der Waals surface area contributed by atoms with Gasteiger partial charge in [-0.05, 0) is 27.7 Å². The second kappa shape index (κ2) is 3.72. The first-order valence-corrected chi connectivity index (χ1v) is 5.36. The molecule has 2 nitrogen and oxygen atoms in total. The van der Waals surface area contributed by atoms with E-state index in [-0.39, 0.29) is 5.41 Å². The Hall–Kier alpha value is -0.850. The fraction of sp³-hybridized carbons (Fsp3) is 0.545. The first-order chi connectivity index (χ1) is 6.31. The summed E-state index contributed by atoms with van der Waals surface area (Å²) in [5.74, 6) is 5.87. The number of nitrogens with zero attached hydrogens (tertiary/aromatic N) is 1. The van der Waals surface area contributed by atoms with Crippen molar-refractivity contribution in [1.82, 2.24) is 4.98 Å². The van der Waals surface area contributed by atoms with Gasteiger partial charge in [-0.2, -0.15) is 0 Å². The second-order valence-electron chi connectivity index (χ2n) is 4.41. The number of aromatic nitrogens is 1. The highest BCUT2D eigenvalue weighted by Crippen LogP contribution is 2.22. The van der Waals surface area contributed by atoms with E-state index >= 15 is 0 Å². The van der Waals surface area contributed by atoms with Crippen LogP contribution in [0.3, 0.4) is 0 Å². The summed E-state index contributed by atoms with van der Waals surface area (Å²) in [6.45, 7) is 7.71. The molecule has 1 heterocycles. The van der Waals surface area contributed by atoms with E-state index in [9.17, 15) is 5.11 Å². The molecule has 0 spiro atoms. The Morgan fingerprint density at radius 1 is 1.29 bits per heavy atom. The Morgan fingerprint density at radius 2 is 1.93 bits per heavy atom. The van der Waals surface area contributed by atoms with Crippen LogP contribution in [0.4, 0.5) is 0 Å². The molecule has 1 rings (SSSR count). The summed E-state index contributed by atoms with van der Waals surface area (Å²) in [6.07, 6.45) is 1.67. The van der Waals surface area contributed by atoms with Gasteiger partial charge in [-0.1, -0.05) is 11.8 Å². The van der Waals surface area contributed by atoms with Crippen molar-refractivity contribution in [1.29, 1.82) is 0 Å². The van der Waals surface area contributed by atoms with E-state index in [1.165, 1.54) is 11.3 Å². The van der Waals surface area contributed by atoms with Gasteiger partial charge in [0.2, 0.25) is 0 Å². The van der Waals surface area contributed by atoms with Gasteiger partial charge < -0.3 is 5.11 Å². The lowest BCUT2D eigenvalue weighted by atomic mass is 9.96. The van der Waals surface area contributed by atoms with Crippen LogP contribution in [0.5, 0.6) is 0 Å². The van der Waals surface area contributed by atoms with Gasteiger partial charge in [0.1, 0.15) is 5.01 Å². The zero-order valence-electron chi connectivity index (χ0n) is 8.96. The predicted molar refractivity (Wildman–Crippen MR) is 58.9 cm³/mol. The second-order valence-corrected chi connectivity index (χ2v) is 5.30. The van der Waals surface area contributed by atoms with Crippen LogP contribution in [0, 0.1) is 17.3 Å². The maximum Gasteiger partial charge on any atom is 0.174 e. The molecule has 0 aliphatic heterocycles. The highest BCUT2D eigenvalue weighted by Gasteiger charge is 2.23. The summed E-state index contributed by atoms with van der Waals surface area (Å²) in [6, 6.07) is 0. The minimum atomic E-state index is -1.12. The minimum absolute atomic E-state index is 0.0960. The van der Waals surface area contributed by atoms with Crippen molar-refractivity contribution in [3.8, 4) is 11.8 Å². The molecule has 14 heavy (non-hydrogen) atoms. The molecule has 3 heteroatoms. The van der Waals surface area contributed by atoms with E-state index in [4.69, 9.17) is 0 Å². The van der Waals surface area contributed by atoms with Crippen molar-refractivity contribution in [3.63, 3.8) is 0 Å². The van der Waals surface area contributed by atoms with Gasteiger partial charge in [0.05, 0.1) is 0 Å². The number of thiazole rings is 1. The fourth-order valence-electron chi connectivity index (χ4n) is 0.827. The molecule has 1 aromatic heterocycles. The Morgan fingerprint density at radius 3 is 2.36 bits per heavy atom. The lowest BCUT2D eigenvalue weighted by Crippen LogP contribution is -2.19. The minimum Gasteiger partial charge on any atom is -0.371 e. The van der Waals surface area contributed by atoms with Gasteiger partial charge in [-0.15, -0.1) is 11.3 Å². The van der Waals surface area contributed by atoms with E-state index in [2.05, 4.69) is 16.8 Å². The molecule has 1 unspecified atom stereocenters. The summed E-state index contributed by atoms with van der Waals surface area (Å²) in [5.41, 5.74) is -1.22. The number of aliphatic hydroxyl groups is 1. The molecule has 0 aliphatic carbocycles. The van der Waals surface area contributed by atoms with E-state index in [0.717, 1.165) is 0 Å². The smallest absolute Gasteiger partial charge is 0.174 e. The maximum absolute atomic E-state index is 10.0. The zero-order chi connectivity index (χ0) is 10.8. The van der Waals surface area contributed by atoms with E-state index in [1.54, 1.807) is 13.1 Å². The van der Waals surface area contributed by atoms with Crippen LogP contribution in [0.2, 0.25) is 0 Å². The van der Waals surface area contributed by atoms with Crippen LogP contribution in [0.15, 0.2) is 11.6 Å². The molecule has 0 aromatic carbocycles. The lowest BCUT2D eigenvalue weighted by Gasteiger charge is -2.14. The summed E-state index contributed by atoms with van der Waals surface area (Å²) >= 11 is 1.42.